The zero-order chi connectivity index (χ0) is 9.19. The van der Waals surface area contributed by atoms with Crippen molar-refractivity contribution in [1.82, 2.24) is 0 Å². The number of nitrogens with zero attached hydrogens (tertiary/aromatic N) is 1. The summed E-state index contributed by atoms with van der Waals surface area (Å²) in [5, 5.41) is 8.57. The lowest BCUT2D eigenvalue weighted by molar-refractivity contribution is 0.560. The Bertz CT molecular complexity index is 429. The predicted octanol–water partition coefficient (Wildman–Crippen LogP) is 1.11. The van der Waals surface area contributed by atoms with Crippen molar-refractivity contribution in [2.75, 3.05) is 0 Å². The van der Waals surface area contributed by atoms with E-state index >= 15 is 0 Å². The Labute approximate surface area is 71.1 Å². The summed E-state index contributed by atoms with van der Waals surface area (Å²) in [6.07, 6.45) is 0. The van der Waals surface area contributed by atoms with Gasteiger partial charge in [0.05, 0.1) is 10.5 Å². The smallest absolute Gasteiger partial charge is 0.105 e. The molecule has 0 heterocycles. The van der Waals surface area contributed by atoms with Crippen molar-refractivity contribution in [3.63, 3.8) is 0 Å². The molecule has 0 saturated heterocycles. The molecule has 0 saturated carbocycles. The summed E-state index contributed by atoms with van der Waals surface area (Å²) in [7, 11) is -3.27. The third-order valence-corrected chi connectivity index (χ3v) is 2.39. The van der Waals surface area contributed by atoms with Crippen LogP contribution in [-0.4, -0.2) is 14.6 Å². The maximum Gasteiger partial charge on any atom is 0.105 e. The lowest BCUT2D eigenvalue weighted by Gasteiger charge is -2.01. The summed E-state index contributed by atoms with van der Waals surface area (Å²) < 4.78 is 20.1. The fraction of sp³-hybridized carbons (Fsp3) is 0. The molecule has 12 heavy (non-hydrogen) atoms. The summed E-state index contributed by atoms with van der Waals surface area (Å²) in [5.74, 6) is 3.08. The van der Waals surface area contributed by atoms with Crippen LogP contribution in [0.5, 0.6) is 0 Å². The second-order valence-corrected chi connectivity index (χ2v) is 3.97. The molecule has 3 nitrogen and oxygen atoms in total. The van der Waals surface area contributed by atoms with Gasteiger partial charge in [-0.2, -0.15) is 5.26 Å². The highest BCUT2D eigenvalue weighted by Crippen LogP contribution is 2.12. The van der Waals surface area contributed by atoms with E-state index in [1.54, 1.807) is 12.1 Å². The summed E-state index contributed by atoms with van der Waals surface area (Å²) in [4.78, 5) is 0.0903. The highest BCUT2D eigenvalue weighted by molar-refractivity contribution is 7.95. The fourth-order valence-corrected chi connectivity index (χ4v) is 1.59. The molecule has 0 aromatic heterocycles. The van der Waals surface area contributed by atoms with Gasteiger partial charge >= 0.3 is 0 Å². The van der Waals surface area contributed by atoms with Crippen molar-refractivity contribution in [2.24, 2.45) is 0 Å². The Kier molecular flexibility index (Phi) is 2.18. The molecule has 1 aromatic rings. The molecule has 1 rings (SSSR count). The Hall–Kier alpha value is -1.31. The molecule has 0 aliphatic heterocycles. The van der Waals surface area contributed by atoms with Crippen LogP contribution in [0, 0.1) is 11.3 Å². The van der Waals surface area contributed by atoms with Crippen LogP contribution in [0.25, 0.3) is 0 Å². The minimum atomic E-state index is -3.27. The zero-order valence-corrected chi connectivity index (χ0v) is 7.04. The molecule has 0 spiro atoms. The molecular weight excluding hydrogens is 174 g/mol. The quantitative estimate of drug-likeness (QED) is 0.660. The maximum absolute atomic E-state index is 11.1. The molecule has 1 atom stereocenters. The van der Waals surface area contributed by atoms with Crippen LogP contribution in [0.2, 0.25) is 0 Å². The minimum Gasteiger partial charge on any atom is -0.310 e. The highest BCUT2D eigenvalue weighted by Gasteiger charge is 2.07. The van der Waals surface area contributed by atoms with E-state index in [2.05, 4.69) is 5.87 Å². The molecule has 0 aliphatic rings. The van der Waals surface area contributed by atoms with Gasteiger partial charge in [0.15, 0.2) is 0 Å². The van der Waals surface area contributed by atoms with Gasteiger partial charge in [-0.3, -0.25) is 0 Å². The van der Waals surface area contributed by atoms with Crippen LogP contribution in [0.1, 0.15) is 5.56 Å². The lowest BCUT2D eigenvalue weighted by atomic mass is 10.2. The number of benzene rings is 1. The third-order valence-electron chi connectivity index (χ3n) is 1.35. The molecule has 0 bridgehead atoms. The molecule has 1 aromatic carbocycles. The van der Waals surface area contributed by atoms with Crippen molar-refractivity contribution >= 4 is 15.7 Å². The third kappa shape index (κ3) is 1.64. The highest BCUT2D eigenvalue weighted by atomic mass is 32.2. The monoisotopic (exact) mass is 181 g/mol. The zero-order valence-electron chi connectivity index (χ0n) is 6.23. The summed E-state index contributed by atoms with van der Waals surface area (Å²) in [6, 6.07) is 7.96. The Morgan fingerprint density at radius 2 is 2.08 bits per heavy atom. The summed E-state index contributed by atoms with van der Waals surface area (Å²) in [6.45, 7) is 0. The van der Waals surface area contributed by atoms with Gasteiger partial charge < -0.3 is 4.55 Å². The second kappa shape index (κ2) is 2.97. The molecular formula is C8H7NO2S. The van der Waals surface area contributed by atoms with Gasteiger partial charge in [0.1, 0.15) is 15.9 Å². The van der Waals surface area contributed by atoms with E-state index in [9.17, 15) is 4.21 Å². The molecule has 0 radical (unpaired) electrons. The topological polar surface area (TPSA) is 61.1 Å². The van der Waals surface area contributed by atoms with E-state index < -0.39 is 9.80 Å². The van der Waals surface area contributed by atoms with Crippen LogP contribution >= 0.6 is 0 Å². The molecule has 1 unspecified atom stereocenters. The van der Waals surface area contributed by atoms with Crippen LogP contribution in [-0.2, 0) is 9.80 Å². The van der Waals surface area contributed by atoms with Gasteiger partial charge in [-0.25, -0.2) is 4.21 Å². The summed E-state index contributed by atoms with van der Waals surface area (Å²) >= 11 is 0. The Morgan fingerprint density at radius 3 is 2.50 bits per heavy atom. The van der Waals surface area contributed by atoms with Crippen molar-refractivity contribution < 1.29 is 8.76 Å². The van der Waals surface area contributed by atoms with Crippen LogP contribution in [0.15, 0.2) is 29.2 Å². The Balaban J connectivity index is 3.47. The van der Waals surface area contributed by atoms with E-state index in [1.807, 2.05) is 6.07 Å². The maximum atomic E-state index is 11.1. The van der Waals surface area contributed by atoms with E-state index in [1.165, 1.54) is 12.1 Å². The normalized spacial score (nSPS) is 14.7. The second-order valence-electron chi connectivity index (χ2n) is 2.25. The number of hydrogen-bond acceptors (Lipinski definition) is 2. The first-order valence-corrected chi connectivity index (χ1v) is 4.83. The molecule has 4 heteroatoms. The standard InChI is InChI=1S/C8H7NO2S/c1-12(10,11)8-5-3-2-4-7(8)6-9/h2-5H,1H2,(H,10,11). The molecule has 0 fully saturated rings. The van der Waals surface area contributed by atoms with Gasteiger partial charge in [0, 0.05) is 0 Å². The minimum absolute atomic E-state index is 0.0903. The van der Waals surface area contributed by atoms with Crippen molar-refractivity contribution in [2.45, 2.75) is 4.90 Å². The first-order valence-electron chi connectivity index (χ1n) is 3.14. The van der Waals surface area contributed by atoms with Crippen LogP contribution in [0.4, 0.5) is 0 Å². The first kappa shape index (κ1) is 8.78. The molecule has 0 aliphatic carbocycles. The van der Waals surface area contributed by atoms with Crippen molar-refractivity contribution in [3.05, 3.63) is 29.8 Å². The van der Waals surface area contributed by atoms with E-state index in [-0.39, 0.29) is 10.5 Å². The van der Waals surface area contributed by atoms with Gasteiger partial charge in [-0.05, 0) is 18.0 Å². The molecule has 0 amide bonds. The fourth-order valence-electron chi connectivity index (χ4n) is 0.837. The van der Waals surface area contributed by atoms with Crippen molar-refractivity contribution in [3.8, 4) is 6.07 Å². The number of hydrogen-bond donors (Lipinski definition) is 1. The number of nitriles is 1. The molecule has 62 valence electrons. The van der Waals surface area contributed by atoms with Gasteiger partial charge in [0.25, 0.3) is 0 Å². The average Bonchev–Trinajstić information content (AvgIpc) is 2.03. The van der Waals surface area contributed by atoms with Gasteiger partial charge in [0.2, 0.25) is 0 Å². The van der Waals surface area contributed by atoms with Gasteiger partial charge in [-0.15, -0.1) is 0 Å². The van der Waals surface area contributed by atoms with E-state index in [0.717, 1.165) is 0 Å². The van der Waals surface area contributed by atoms with Crippen molar-refractivity contribution in [1.29, 1.82) is 5.26 Å². The number of rotatable bonds is 1. The molecule has 1 N–H and O–H groups in total. The van der Waals surface area contributed by atoms with Gasteiger partial charge in [-0.1, -0.05) is 12.1 Å². The SMILES string of the molecule is C=S(=O)(O)c1ccccc1C#N. The first-order chi connectivity index (χ1) is 5.55. The van der Waals surface area contributed by atoms with E-state index in [0.29, 0.717) is 0 Å². The van der Waals surface area contributed by atoms with Crippen LogP contribution in [0.3, 0.4) is 0 Å². The summed E-state index contributed by atoms with van der Waals surface area (Å²) in [5.41, 5.74) is 0.194. The lowest BCUT2D eigenvalue weighted by Crippen LogP contribution is -2.00. The predicted molar refractivity (Wildman–Crippen MR) is 47.3 cm³/mol. The van der Waals surface area contributed by atoms with E-state index in [4.69, 9.17) is 9.81 Å². The largest absolute Gasteiger partial charge is 0.310 e. The van der Waals surface area contributed by atoms with Crippen LogP contribution < -0.4 is 0 Å². The average molecular weight is 181 g/mol. The Morgan fingerprint density at radius 1 is 1.50 bits per heavy atom.